The van der Waals surface area contributed by atoms with Crippen LogP contribution in [0.4, 0.5) is 0 Å². The first-order valence-corrected chi connectivity index (χ1v) is 11.9. The van der Waals surface area contributed by atoms with Crippen molar-refractivity contribution >= 4 is 38.4 Å². The first-order chi connectivity index (χ1) is 12.0. The molecule has 1 atom stereocenters. The van der Waals surface area contributed by atoms with Gasteiger partial charge in [-0.2, -0.15) is 11.3 Å². The van der Waals surface area contributed by atoms with Crippen molar-refractivity contribution in [2.24, 2.45) is 0 Å². The molecule has 6 nitrogen and oxygen atoms in total. The number of hydrogen-bond donors (Lipinski definition) is 0. The van der Waals surface area contributed by atoms with Crippen molar-refractivity contribution < 1.29 is 13.2 Å². The summed E-state index contributed by atoms with van der Waals surface area (Å²) in [5.41, 5.74) is 1.56. The second kappa shape index (κ2) is 6.79. The second-order valence-electron chi connectivity index (χ2n) is 6.43. The summed E-state index contributed by atoms with van der Waals surface area (Å²) in [5.74, 6) is 0.523. The normalized spacial score (nSPS) is 23.8. The van der Waals surface area contributed by atoms with Crippen LogP contribution < -0.4 is 0 Å². The van der Waals surface area contributed by atoms with Crippen LogP contribution in [0.2, 0.25) is 0 Å². The Bertz CT molecular complexity index is 852. The van der Waals surface area contributed by atoms with Crippen LogP contribution in [0, 0.1) is 0 Å². The number of carbonyl (C=O) groups excluding carboxylic acids is 1. The standard InChI is InChI=1S/C16H19N3O3S3/c20-16(14-10-24-15(17-14)12-1-7-23-9-12)19-5-3-18(4-6-19)13-2-8-25(21,22)11-13/h1,7,9-10,13H,2-6,8,11H2/t13-/m0/s1. The zero-order chi connectivity index (χ0) is 17.4. The van der Waals surface area contributed by atoms with Gasteiger partial charge < -0.3 is 4.90 Å². The molecular formula is C16H19N3O3S3. The number of sulfone groups is 1. The third kappa shape index (κ3) is 3.64. The molecule has 25 heavy (non-hydrogen) atoms. The largest absolute Gasteiger partial charge is 0.335 e. The van der Waals surface area contributed by atoms with Gasteiger partial charge in [-0.05, 0) is 17.9 Å². The summed E-state index contributed by atoms with van der Waals surface area (Å²) >= 11 is 3.11. The number of piperazine rings is 1. The molecule has 2 aromatic rings. The van der Waals surface area contributed by atoms with E-state index in [0.29, 0.717) is 31.0 Å². The first kappa shape index (κ1) is 17.1. The summed E-state index contributed by atoms with van der Waals surface area (Å²) in [6.07, 6.45) is 0.715. The van der Waals surface area contributed by atoms with Crippen LogP contribution in [-0.2, 0) is 9.84 Å². The van der Waals surface area contributed by atoms with E-state index in [4.69, 9.17) is 0 Å². The van der Waals surface area contributed by atoms with Gasteiger partial charge in [0.05, 0.1) is 11.5 Å². The molecule has 2 aliphatic heterocycles. The maximum absolute atomic E-state index is 12.7. The quantitative estimate of drug-likeness (QED) is 0.790. The summed E-state index contributed by atoms with van der Waals surface area (Å²) in [7, 11) is -2.87. The molecule has 2 fully saturated rings. The summed E-state index contributed by atoms with van der Waals surface area (Å²) < 4.78 is 23.3. The molecule has 9 heteroatoms. The SMILES string of the molecule is O=C(c1csc(-c2ccsc2)n1)N1CCN([C@H]2CCS(=O)(=O)C2)CC1. The highest BCUT2D eigenvalue weighted by Gasteiger charge is 2.34. The third-order valence-electron chi connectivity index (χ3n) is 4.82. The highest BCUT2D eigenvalue weighted by molar-refractivity contribution is 7.91. The molecule has 0 radical (unpaired) electrons. The number of hydrogen-bond acceptors (Lipinski definition) is 7. The molecule has 4 heterocycles. The van der Waals surface area contributed by atoms with Gasteiger partial charge in [-0.25, -0.2) is 13.4 Å². The molecule has 134 valence electrons. The Morgan fingerprint density at radius 3 is 2.64 bits per heavy atom. The predicted octanol–water partition coefficient (Wildman–Crippen LogP) is 1.82. The molecule has 0 aromatic carbocycles. The topological polar surface area (TPSA) is 70.6 Å². The van der Waals surface area contributed by atoms with E-state index in [1.54, 1.807) is 11.3 Å². The van der Waals surface area contributed by atoms with Gasteiger partial charge >= 0.3 is 0 Å². The number of thiazole rings is 1. The minimum atomic E-state index is -2.87. The van der Waals surface area contributed by atoms with Crippen LogP contribution in [0.15, 0.2) is 22.2 Å². The zero-order valence-electron chi connectivity index (χ0n) is 13.6. The third-order valence-corrected chi connectivity index (χ3v) is 8.14. The fourth-order valence-electron chi connectivity index (χ4n) is 3.41. The lowest BCUT2D eigenvalue weighted by Gasteiger charge is -2.37. The Balaban J connectivity index is 1.37. The molecule has 0 spiro atoms. The fraction of sp³-hybridized carbons (Fsp3) is 0.500. The molecule has 2 saturated heterocycles. The number of aromatic nitrogens is 1. The Morgan fingerprint density at radius 2 is 2.00 bits per heavy atom. The Morgan fingerprint density at radius 1 is 1.20 bits per heavy atom. The van der Waals surface area contributed by atoms with E-state index in [2.05, 4.69) is 9.88 Å². The van der Waals surface area contributed by atoms with Crippen molar-refractivity contribution in [3.05, 3.63) is 27.9 Å². The summed E-state index contributed by atoms with van der Waals surface area (Å²) in [6.45, 7) is 2.71. The van der Waals surface area contributed by atoms with Gasteiger partial charge in [0.25, 0.3) is 5.91 Å². The Labute approximate surface area is 155 Å². The van der Waals surface area contributed by atoms with Gasteiger partial charge in [0.1, 0.15) is 10.7 Å². The van der Waals surface area contributed by atoms with Crippen molar-refractivity contribution in [3.63, 3.8) is 0 Å². The van der Waals surface area contributed by atoms with Gasteiger partial charge in [-0.15, -0.1) is 11.3 Å². The molecule has 1 amide bonds. The average molecular weight is 398 g/mol. The predicted molar refractivity (Wildman–Crippen MR) is 100.0 cm³/mol. The van der Waals surface area contributed by atoms with E-state index < -0.39 is 9.84 Å². The number of nitrogens with zero attached hydrogens (tertiary/aromatic N) is 3. The lowest BCUT2D eigenvalue weighted by Crippen LogP contribution is -2.52. The maximum Gasteiger partial charge on any atom is 0.273 e. The van der Waals surface area contributed by atoms with Crippen molar-refractivity contribution in [2.75, 3.05) is 37.7 Å². The van der Waals surface area contributed by atoms with Crippen LogP contribution in [0.1, 0.15) is 16.9 Å². The van der Waals surface area contributed by atoms with Gasteiger partial charge in [0.2, 0.25) is 0 Å². The molecule has 0 saturated carbocycles. The summed E-state index contributed by atoms with van der Waals surface area (Å²) in [5, 5.41) is 6.73. The lowest BCUT2D eigenvalue weighted by molar-refractivity contribution is 0.0583. The number of amides is 1. The van der Waals surface area contributed by atoms with Crippen LogP contribution >= 0.6 is 22.7 Å². The monoisotopic (exact) mass is 397 g/mol. The molecule has 2 aromatic heterocycles. The molecule has 0 bridgehead atoms. The van der Waals surface area contributed by atoms with E-state index >= 15 is 0 Å². The Hall–Kier alpha value is -1.29. The van der Waals surface area contributed by atoms with Gasteiger partial charge in [-0.3, -0.25) is 9.69 Å². The highest BCUT2D eigenvalue weighted by atomic mass is 32.2. The van der Waals surface area contributed by atoms with Gasteiger partial charge in [0, 0.05) is 48.5 Å². The summed E-state index contributed by atoms with van der Waals surface area (Å²) in [4.78, 5) is 21.2. The van der Waals surface area contributed by atoms with E-state index in [0.717, 1.165) is 23.7 Å². The number of rotatable bonds is 3. The van der Waals surface area contributed by atoms with E-state index in [-0.39, 0.29) is 17.7 Å². The zero-order valence-corrected chi connectivity index (χ0v) is 16.1. The van der Waals surface area contributed by atoms with Crippen LogP contribution in [0.25, 0.3) is 10.6 Å². The molecule has 2 aliphatic rings. The van der Waals surface area contributed by atoms with E-state index in [9.17, 15) is 13.2 Å². The number of thiophene rings is 1. The minimum absolute atomic E-state index is 0.0311. The molecular weight excluding hydrogens is 378 g/mol. The van der Waals surface area contributed by atoms with Crippen LogP contribution in [0.3, 0.4) is 0 Å². The summed E-state index contributed by atoms with van der Waals surface area (Å²) in [6, 6.07) is 2.12. The molecule has 4 rings (SSSR count). The first-order valence-electron chi connectivity index (χ1n) is 8.24. The van der Waals surface area contributed by atoms with Gasteiger partial charge in [0.15, 0.2) is 9.84 Å². The van der Waals surface area contributed by atoms with Crippen LogP contribution in [0.5, 0.6) is 0 Å². The smallest absolute Gasteiger partial charge is 0.273 e. The molecule has 0 N–H and O–H groups in total. The molecule has 0 unspecified atom stereocenters. The van der Waals surface area contributed by atoms with Gasteiger partial charge in [-0.1, -0.05) is 0 Å². The van der Waals surface area contributed by atoms with Crippen molar-refractivity contribution in [1.82, 2.24) is 14.8 Å². The Kier molecular flexibility index (Phi) is 4.65. The average Bonchev–Trinajstić information content (AvgIpc) is 3.34. The van der Waals surface area contributed by atoms with E-state index in [1.807, 2.05) is 27.1 Å². The lowest BCUT2D eigenvalue weighted by atomic mass is 10.2. The highest BCUT2D eigenvalue weighted by Crippen LogP contribution is 2.26. The molecule has 0 aliphatic carbocycles. The second-order valence-corrected chi connectivity index (χ2v) is 10.3. The van der Waals surface area contributed by atoms with Crippen molar-refractivity contribution in [3.8, 4) is 10.6 Å². The fourth-order valence-corrected chi connectivity index (χ4v) is 6.67. The van der Waals surface area contributed by atoms with Crippen molar-refractivity contribution in [2.45, 2.75) is 12.5 Å². The van der Waals surface area contributed by atoms with E-state index in [1.165, 1.54) is 11.3 Å². The number of carbonyl (C=O) groups is 1. The van der Waals surface area contributed by atoms with Crippen LogP contribution in [-0.4, -0.2) is 72.8 Å². The maximum atomic E-state index is 12.7. The minimum Gasteiger partial charge on any atom is -0.335 e. The van der Waals surface area contributed by atoms with Crippen molar-refractivity contribution in [1.29, 1.82) is 0 Å².